The van der Waals surface area contributed by atoms with Crippen molar-refractivity contribution in [3.8, 4) is 0 Å². The van der Waals surface area contributed by atoms with Gasteiger partial charge in [-0.1, -0.05) is 32.6 Å². The highest BCUT2D eigenvalue weighted by Crippen LogP contribution is 2.27. The number of rotatable bonds is 8. The number of aromatic nitrogens is 2. The summed E-state index contributed by atoms with van der Waals surface area (Å²) in [5.74, 6) is 0.188. The van der Waals surface area contributed by atoms with E-state index < -0.39 is 0 Å². The summed E-state index contributed by atoms with van der Waals surface area (Å²) in [4.78, 5) is 12.0. The molecule has 1 aliphatic rings. The number of ether oxygens (including phenoxy) is 1. The van der Waals surface area contributed by atoms with Gasteiger partial charge in [-0.3, -0.25) is 9.48 Å². The van der Waals surface area contributed by atoms with Crippen molar-refractivity contribution in [2.24, 2.45) is 7.05 Å². The number of nitrogens with zero attached hydrogens (tertiary/aromatic N) is 2. The molecule has 0 saturated carbocycles. The Morgan fingerprint density at radius 2 is 2.23 bits per heavy atom. The maximum Gasteiger partial charge on any atom is 0.220 e. The molecule has 0 radical (unpaired) electrons. The van der Waals surface area contributed by atoms with Crippen LogP contribution in [0.1, 0.15) is 70.0 Å². The smallest absolute Gasteiger partial charge is 0.220 e. The third kappa shape index (κ3) is 5.44. The largest absolute Gasteiger partial charge is 0.373 e. The highest BCUT2D eigenvalue weighted by atomic mass is 16.5. The summed E-state index contributed by atoms with van der Waals surface area (Å²) in [6.45, 7) is 2.90. The van der Waals surface area contributed by atoms with Crippen LogP contribution in [0.4, 0.5) is 0 Å². The third-order valence-electron chi connectivity index (χ3n) is 4.25. The summed E-state index contributed by atoms with van der Waals surface area (Å²) in [5.41, 5.74) is 1.10. The standard InChI is InChI=1S/C17H29N3O2/c1-3-4-5-6-7-8-17(21)19-15-9-10-22-16(11-15)14-12-18-20(2)13-14/h12-13,15-16H,3-11H2,1-2H3,(H,19,21)/t15-,16-/m1/s1. The molecule has 2 rings (SSSR count). The van der Waals surface area contributed by atoms with Crippen molar-refractivity contribution < 1.29 is 9.53 Å². The van der Waals surface area contributed by atoms with Crippen molar-refractivity contribution in [2.75, 3.05) is 6.61 Å². The van der Waals surface area contributed by atoms with E-state index in [-0.39, 0.29) is 18.1 Å². The molecule has 1 aliphatic heterocycles. The molecule has 5 nitrogen and oxygen atoms in total. The predicted molar refractivity (Wildman–Crippen MR) is 86.4 cm³/mol. The number of amides is 1. The molecule has 1 N–H and O–H groups in total. The summed E-state index contributed by atoms with van der Waals surface area (Å²) in [5, 5.41) is 7.36. The van der Waals surface area contributed by atoms with Gasteiger partial charge < -0.3 is 10.1 Å². The normalized spacial score (nSPS) is 21.7. The molecule has 22 heavy (non-hydrogen) atoms. The number of unbranched alkanes of at least 4 members (excludes halogenated alkanes) is 4. The van der Waals surface area contributed by atoms with Gasteiger partial charge in [0.2, 0.25) is 5.91 Å². The molecule has 1 fully saturated rings. The highest BCUT2D eigenvalue weighted by molar-refractivity contribution is 5.76. The molecule has 1 aromatic heterocycles. The second-order valence-corrected chi connectivity index (χ2v) is 6.26. The summed E-state index contributed by atoms with van der Waals surface area (Å²) < 4.78 is 7.60. The topological polar surface area (TPSA) is 56.1 Å². The minimum Gasteiger partial charge on any atom is -0.373 e. The van der Waals surface area contributed by atoms with Gasteiger partial charge in [-0.05, 0) is 19.3 Å². The maximum atomic E-state index is 12.0. The fourth-order valence-corrected chi connectivity index (χ4v) is 2.96. The van der Waals surface area contributed by atoms with Crippen LogP contribution in [0.15, 0.2) is 12.4 Å². The first kappa shape index (κ1) is 17.0. The zero-order valence-electron chi connectivity index (χ0n) is 13.9. The zero-order chi connectivity index (χ0) is 15.8. The molecule has 1 aromatic rings. The van der Waals surface area contributed by atoms with Crippen molar-refractivity contribution in [1.29, 1.82) is 0 Å². The van der Waals surface area contributed by atoms with Crippen LogP contribution >= 0.6 is 0 Å². The van der Waals surface area contributed by atoms with Crippen LogP contribution in [-0.4, -0.2) is 28.3 Å². The molecule has 1 amide bonds. The van der Waals surface area contributed by atoms with Gasteiger partial charge in [0.25, 0.3) is 0 Å². The number of hydrogen-bond acceptors (Lipinski definition) is 3. The second-order valence-electron chi connectivity index (χ2n) is 6.26. The third-order valence-corrected chi connectivity index (χ3v) is 4.25. The molecular formula is C17H29N3O2. The van der Waals surface area contributed by atoms with E-state index in [0.717, 1.165) is 31.2 Å². The van der Waals surface area contributed by atoms with Crippen LogP contribution < -0.4 is 5.32 Å². The van der Waals surface area contributed by atoms with Gasteiger partial charge in [0.15, 0.2) is 0 Å². The van der Waals surface area contributed by atoms with Crippen LogP contribution in [0.2, 0.25) is 0 Å². The fourth-order valence-electron chi connectivity index (χ4n) is 2.96. The quantitative estimate of drug-likeness (QED) is 0.751. The number of hydrogen-bond donors (Lipinski definition) is 1. The van der Waals surface area contributed by atoms with Crippen LogP contribution in [-0.2, 0) is 16.6 Å². The molecule has 2 heterocycles. The first-order chi connectivity index (χ1) is 10.7. The van der Waals surface area contributed by atoms with Crippen molar-refractivity contribution in [3.63, 3.8) is 0 Å². The van der Waals surface area contributed by atoms with Crippen LogP contribution in [0.25, 0.3) is 0 Å². The Kier molecular flexibility index (Phi) is 6.90. The van der Waals surface area contributed by atoms with E-state index in [1.807, 2.05) is 19.4 Å². The molecule has 0 spiro atoms. The van der Waals surface area contributed by atoms with E-state index in [1.165, 1.54) is 19.3 Å². The Morgan fingerprint density at radius 3 is 2.95 bits per heavy atom. The lowest BCUT2D eigenvalue weighted by molar-refractivity contribution is -0.123. The summed E-state index contributed by atoms with van der Waals surface area (Å²) in [6.07, 6.45) is 12.2. The van der Waals surface area contributed by atoms with Gasteiger partial charge in [-0.2, -0.15) is 5.10 Å². The lowest BCUT2D eigenvalue weighted by Gasteiger charge is -2.29. The Labute approximate surface area is 133 Å². The molecule has 0 aromatic carbocycles. The van der Waals surface area contributed by atoms with Gasteiger partial charge in [-0.15, -0.1) is 0 Å². The second kappa shape index (κ2) is 8.93. The van der Waals surface area contributed by atoms with E-state index in [2.05, 4.69) is 17.3 Å². The summed E-state index contributed by atoms with van der Waals surface area (Å²) in [7, 11) is 1.91. The molecule has 1 saturated heterocycles. The average Bonchev–Trinajstić information content (AvgIpc) is 2.94. The fraction of sp³-hybridized carbons (Fsp3) is 0.765. The van der Waals surface area contributed by atoms with Gasteiger partial charge in [0, 0.05) is 37.9 Å². The van der Waals surface area contributed by atoms with Gasteiger partial charge in [0.05, 0.1) is 12.3 Å². The average molecular weight is 307 g/mol. The van der Waals surface area contributed by atoms with Crippen molar-refractivity contribution >= 4 is 5.91 Å². The first-order valence-corrected chi connectivity index (χ1v) is 8.58. The molecule has 124 valence electrons. The Morgan fingerprint density at radius 1 is 1.41 bits per heavy atom. The molecule has 0 unspecified atom stereocenters. The molecule has 0 aliphatic carbocycles. The van der Waals surface area contributed by atoms with E-state index in [0.29, 0.717) is 13.0 Å². The monoisotopic (exact) mass is 307 g/mol. The van der Waals surface area contributed by atoms with Gasteiger partial charge in [0.1, 0.15) is 0 Å². The summed E-state index contributed by atoms with van der Waals surface area (Å²) >= 11 is 0. The van der Waals surface area contributed by atoms with E-state index in [9.17, 15) is 4.79 Å². The zero-order valence-corrected chi connectivity index (χ0v) is 13.9. The van der Waals surface area contributed by atoms with Gasteiger partial charge >= 0.3 is 0 Å². The number of aryl methyl sites for hydroxylation is 1. The van der Waals surface area contributed by atoms with Crippen LogP contribution in [0.5, 0.6) is 0 Å². The van der Waals surface area contributed by atoms with Crippen LogP contribution in [0.3, 0.4) is 0 Å². The lowest BCUT2D eigenvalue weighted by atomic mass is 9.99. The lowest BCUT2D eigenvalue weighted by Crippen LogP contribution is -2.39. The number of carbonyl (C=O) groups is 1. The molecule has 5 heteroatoms. The van der Waals surface area contributed by atoms with Crippen molar-refractivity contribution in [2.45, 2.75) is 70.4 Å². The maximum absolute atomic E-state index is 12.0. The molecule has 2 atom stereocenters. The SMILES string of the molecule is CCCCCCCC(=O)N[C@@H]1CCO[C@@H](c2cnn(C)c2)C1. The van der Waals surface area contributed by atoms with Gasteiger partial charge in [-0.25, -0.2) is 0 Å². The summed E-state index contributed by atoms with van der Waals surface area (Å²) in [6, 6.07) is 0.224. The molecular weight excluding hydrogens is 278 g/mol. The molecule has 0 bridgehead atoms. The van der Waals surface area contributed by atoms with E-state index in [1.54, 1.807) is 4.68 Å². The highest BCUT2D eigenvalue weighted by Gasteiger charge is 2.25. The van der Waals surface area contributed by atoms with E-state index in [4.69, 9.17) is 4.74 Å². The Hall–Kier alpha value is -1.36. The van der Waals surface area contributed by atoms with Crippen molar-refractivity contribution in [3.05, 3.63) is 18.0 Å². The van der Waals surface area contributed by atoms with Crippen LogP contribution in [0, 0.1) is 0 Å². The number of carbonyl (C=O) groups excluding carboxylic acids is 1. The first-order valence-electron chi connectivity index (χ1n) is 8.58. The Bertz CT molecular complexity index is 459. The number of nitrogens with one attached hydrogen (secondary N) is 1. The Balaban J connectivity index is 1.70. The van der Waals surface area contributed by atoms with Crippen molar-refractivity contribution in [1.82, 2.24) is 15.1 Å². The predicted octanol–water partition coefficient (Wildman–Crippen LogP) is 3.12. The van der Waals surface area contributed by atoms with E-state index >= 15 is 0 Å². The minimum atomic E-state index is 0.0531. The minimum absolute atomic E-state index is 0.0531.